The first-order valence-electron chi connectivity index (χ1n) is 6.55. The van der Waals surface area contributed by atoms with Crippen LogP contribution in [-0.4, -0.2) is 22.9 Å². The van der Waals surface area contributed by atoms with Gasteiger partial charge in [-0.3, -0.25) is 9.78 Å². The molecule has 3 aromatic rings. The lowest BCUT2D eigenvalue weighted by Crippen LogP contribution is -2.01. The van der Waals surface area contributed by atoms with Gasteiger partial charge in [0.1, 0.15) is 5.75 Å². The van der Waals surface area contributed by atoms with Gasteiger partial charge in [0.25, 0.3) is 0 Å². The lowest BCUT2D eigenvalue weighted by atomic mass is 9.98. The van der Waals surface area contributed by atoms with Crippen LogP contribution in [0.15, 0.2) is 61.2 Å². The van der Waals surface area contributed by atoms with E-state index in [1.54, 1.807) is 37.8 Å². The first kappa shape index (κ1) is 13.1. The predicted molar refractivity (Wildman–Crippen MR) is 80.5 cm³/mol. The van der Waals surface area contributed by atoms with Crippen molar-refractivity contribution in [2.24, 2.45) is 0 Å². The molecular formula is C17H14N2O2. The molecule has 4 nitrogen and oxygen atoms in total. The lowest BCUT2D eigenvalue weighted by Gasteiger charge is -2.06. The molecule has 3 rings (SSSR count). The number of hydrogen-bond donors (Lipinski definition) is 1. The first-order chi connectivity index (χ1) is 10.3. The quantitative estimate of drug-likeness (QED) is 0.745. The third-order valence-electron chi connectivity index (χ3n) is 3.31. The predicted octanol–water partition coefficient (Wildman–Crippen LogP) is 3.32. The summed E-state index contributed by atoms with van der Waals surface area (Å²) in [5.41, 5.74) is 3.05. The number of aromatic nitrogens is 2. The van der Waals surface area contributed by atoms with Crippen LogP contribution < -0.4 is 4.74 Å². The highest BCUT2D eigenvalue weighted by Crippen LogP contribution is 2.28. The molecule has 0 atom stereocenters. The first-order valence-corrected chi connectivity index (χ1v) is 6.55. The maximum absolute atomic E-state index is 12.6. The number of nitrogens with one attached hydrogen (secondary N) is 1. The molecule has 0 saturated heterocycles. The van der Waals surface area contributed by atoms with Crippen LogP contribution in [0.25, 0.3) is 11.1 Å². The molecule has 2 heterocycles. The molecule has 0 spiro atoms. The highest BCUT2D eigenvalue weighted by Gasteiger charge is 2.16. The van der Waals surface area contributed by atoms with Crippen molar-refractivity contribution in [1.29, 1.82) is 0 Å². The molecule has 1 aromatic carbocycles. The fourth-order valence-corrected chi connectivity index (χ4v) is 2.24. The summed E-state index contributed by atoms with van der Waals surface area (Å²) < 4.78 is 5.23. The van der Waals surface area contributed by atoms with Crippen molar-refractivity contribution in [3.05, 3.63) is 72.3 Å². The number of pyridine rings is 1. The van der Waals surface area contributed by atoms with Crippen molar-refractivity contribution in [2.75, 3.05) is 7.11 Å². The molecule has 0 radical (unpaired) electrons. The standard InChI is InChI=1S/C17H14N2O2/c1-21-14-4-2-3-13(9-14)15-10-19-11-16(15)17(20)12-5-7-18-8-6-12/h2-11,19H,1H3. The maximum Gasteiger partial charge on any atom is 0.195 e. The number of ether oxygens (including phenoxy) is 1. The van der Waals surface area contributed by atoms with Crippen molar-refractivity contribution >= 4 is 5.78 Å². The van der Waals surface area contributed by atoms with E-state index in [9.17, 15) is 4.79 Å². The van der Waals surface area contributed by atoms with Crippen molar-refractivity contribution in [2.45, 2.75) is 0 Å². The van der Waals surface area contributed by atoms with Gasteiger partial charge >= 0.3 is 0 Å². The van der Waals surface area contributed by atoms with Gasteiger partial charge in [0, 0.05) is 41.5 Å². The fraction of sp³-hybridized carbons (Fsp3) is 0.0588. The average molecular weight is 278 g/mol. The van der Waals surface area contributed by atoms with Crippen LogP contribution in [0, 0.1) is 0 Å². The van der Waals surface area contributed by atoms with Crippen LogP contribution in [0.2, 0.25) is 0 Å². The van der Waals surface area contributed by atoms with Gasteiger partial charge < -0.3 is 9.72 Å². The van der Waals surface area contributed by atoms with Crippen molar-refractivity contribution in [3.8, 4) is 16.9 Å². The Balaban J connectivity index is 2.03. The van der Waals surface area contributed by atoms with Crippen LogP contribution in [0.1, 0.15) is 15.9 Å². The maximum atomic E-state index is 12.6. The lowest BCUT2D eigenvalue weighted by molar-refractivity contribution is 0.103. The zero-order chi connectivity index (χ0) is 14.7. The third kappa shape index (κ3) is 2.56. The van der Waals surface area contributed by atoms with E-state index in [4.69, 9.17) is 4.74 Å². The number of rotatable bonds is 4. The smallest absolute Gasteiger partial charge is 0.195 e. The molecule has 21 heavy (non-hydrogen) atoms. The Morgan fingerprint density at radius 2 is 1.95 bits per heavy atom. The summed E-state index contributed by atoms with van der Waals surface area (Å²) in [5.74, 6) is 0.729. The molecule has 0 aliphatic rings. The molecule has 4 heteroatoms. The number of aromatic amines is 1. The van der Waals surface area contributed by atoms with Gasteiger partial charge in [-0.25, -0.2) is 0 Å². The van der Waals surface area contributed by atoms with Crippen LogP contribution >= 0.6 is 0 Å². The highest BCUT2D eigenvalue weighted by molar-refractivity contribution is 6.12. The van der Waals surface area contributed by atoms with Gasteiger partial charge in [0.2, 0.25) is 0 Å². The number of benzene rings is 1. The van der Waals surface area contributed by atoms with E-state index in [1.807, 2.05) is 30.5 Å². The summed E-state index contributed by atoms with van der Waals surface area (Å²) in [5, 5.41) is 0. The van der Waals surface area contributed by atoms with E-state index in [2.05, 4.69) is 9.97 Å². The second-order valence-electron chi connectivity index (χ2n) is 4.58. The van der Waals surface area contributed by atoms with E-state index < -0.39 is 0 Å². The van der Waals surface area contributed by atoms with Crippen molar-refractivity contribution in [1.82, 2.24) is 9.97 Å². The molecule has 0 saturated carbocycles. The highest BCUT2D eigenvalue weighted by atomic mass is 16.5. The summed E-state index contributed by atoms with van der Waals surface area (Å²) in [6.07, 6.45) is 6.77. The fourth-order valence-electron chi connectivity index (χ4n) is 2.24. The number of hydrogen-bond acceptors (Lipinski definition) is 3. The molecule has 0 aliphatic heterocycles. The number of carbonyl (C=O) groups excluding carboxylic acids is 1. The Kier molecular flexibility index (Phi) is 3.51. The monoisotopic (exact) mass is 278 g/mol. The SMILES string of the molecule is COc1cccc(-c2c[nH]cc2C(=O)c2ccncc2)c1. The van der Waals surface area contributed by atoms with E-state index in [0.717, 1.165) is 16.9 Å². The van der Waals surface area contributed by atoms with E-state index in [-0.39, 0.29) is 5.78 Å². The molecule has 0 fully saturated rings. The Bertz CT molecular complexity index is 763. The Hall–Kier alpha value is -2.88. The molecule has 104 valence electrons. The second-order valence-corrected chi connectivity index (χ2v) is 4.58. The summed E-state index contributed by atoms with van der Waals surface area (Å²) in [4.78, 5) is 19.5. The Labute approximate surface area is 122 Å². The normalized spacial score (nSPS) is 10.3. The number of methoxy groups -OCH3 is 1. The number of H-pyrrole nitrogens is 1. The molecule has 2 aromatic heterocycles. The van der Waals surface area contributed by atoms with Gasteiger partial charge in [0.15, 0.2) is 5.78 Å². The molecule has 1 N–H and O–H groups in total. The largest absolute Gasteiger partial charge is 0.497 e. The zero-order valence-electron chi connectivity index (χ0n) is 11.5. The topological polar surface area (TPSA) is 55.0 Å². The second kappa shape index (κ2) is 5.63. The van der Waals surface area contributed by atoms with Gasteiger partial charge in [-0.1, -0.05) is 12.1 Å². The van der Waals surface area contributed by atoms with Crippen LogP contribution in [0.4, 0.5) is 0 Å². The minimum Gasteiger partial charge on any atom is -0.497 e. The summed E-state index contributed by atoms with van der Waals surface area (Å²) in [6, 6.07) is 11.1. The van der Waals surface area contributed by atoms with E-state index in [0.29, 0.717) is 11.1 Å². The van der Waals surface area contributed by atoms with Crippen LogP contribution in [-0.2, 0) is 0 Å². The number of ketones is 1. The van der Waals surface area contributed by atoms with E-state index in [1.165, 1.54) is 0 Å². The minimum absolute atomic E-state index is 0.0310. The van der Waals surface area contributed by atoms with Gasteiger partial charge in [-0.2, -0.15) is 0 Å². The van der Waals surface area contributed by atoms with Crippen LogP contribution in [0.5, 0.6) is 5.75 Å². The average Bonchev–Trinajstić information content (AvgIpc) is 3.04. The Morgan fingerprint density at radius 3 is 2.71 bits per heavy atom. The molecule has 0 bridgehead atoms. The van der Waals surface area contributed by atoms with E-state index >= 15 is 0 Å². The molecule has 0 aliphatic carbocycles. The summed E-state index contributed by atoms with van der Waals surface area (Å²) in [6.45, 7) is 0. The molecule has 0 unspecified atom stereocenters. The van der Waals surface area contributed by atoms with Crippen molar-refractivity contribution < 1.29 is 9.53 Å². The zero-order valence-corrected chi connectivity index (χ0v) is 11.5. The van der Waals surface area contributed by atoms with Gasteiger partial charge in [0.05, 0.1) is 7.11 Å². The van der Waals surface area contributed by atoms with Gasteiger partial charge in [-0.05, 0) is 29.8 Å². The summed E-state index contributed by atoms with van der Waals surface area (Å²) in [7, 11) is 1.62. The molecule has 0 amide bonds. The van der Waals surface area contributed by atoms with Crippen molar-refractivity contribution in [3.63, 3.8) is 0 Å². The minimum atomic E-state index is -0.0310. The number of nitrogens with zero attached hydrogens (tertiary/aromatic N) is 1. The van der Waals surface area contributed by atoms with Crippen LogP contribution in [0.3, 0.4) is 0 Å². The summed E-state index contributed by atoms with van der Waals surface area (Å²) >= 11 is 0. The Morgan fingerprint density at radius 1 is 1.14 bits per heavy atom. The molecular weight excluding hydrogens is 264 g/mol. The third-order valence-corrected chi connectivity index (χ3v) is 3.31. The number of carbonyl (C=O) groups is 1. The van der Waals surface area contributed by atoms with Gasteiger partial charge in [-0.15, -0.1) is 0 Å².